The summed E-state index contributed by atoms with van der Waals surface area (Å²) >= 11 is 3.25. The molecule has 0 heterocycles. The van der Waals surface area contributed by atoms with Gasteiger partial charge >= 0.3 is 5.97 Å². The van der Waals surface area contributed by atoms with Crippen LogP contribution in [-0.4, -0.2) is 24.1 Å². The molecule has 0 fully saturated rings. The lowest BCUT2D eigenvalue weighted by molar-refractivity contribution is 0.0599. The van der Waals surface area contributed by atoms with Crippen molar-refractivity contribution >= 4 is 27.8 Å². The van der Waals surface area contributed by atoms with Crippen LogP contribution in [0.1, 0.15) is 26.3 Å². The van der Waals surface area contributed by atoms with Crippen molar-refractivity contribution in [2.75, 3.05) is 7.11 Å². The van der Waals surface area contributed by atoms with Crippen LogP contribution in [0.25, 0.3) is 0 Å². The van der Waals surface area contributed by atoms with Crippen molar-refractivity contribution < 1.29 is 19.4 Å². The van der Waals surface area contributed by atoms with Gasteiger partial charge in [-0.15, -0.1) is 0 Å². The third kappa shape index (κ3) is 3.85. The number of nitrogens with one attached hydrogen (secondary N) is 1. The molecule has 0 spiro atoms. The molecule has 0 atom stereocenters. The van der Waals surface area contributed by atoms with Crippen LogP contribution in [-0.2, 0) is 11.3 Å². The second kappa shape index (κ2) is 7.09. The first-order valence-electron chi connectivity index (χ1n) is 6.45. The van der Waals surface area contributed by atoms with Crippen molar-refractivity contribution in [3.05, 3.63) is 63.6 Å². The number of hydrogen-bond acceptors (Lipinski definition) is 4. The molecule has 2 aromatic rings. The average molecular weight is 364 g/mol. The zero-order valence-corrected chi connectivity index (χ0v) is 13.4. The maximum absolute atomic E-state index is 12.1. The lowest BCUT2D eigenvalue weighted by Crippen LogP contribution is -2.22. The van der Waals surface area contributed by atoms with Crippen molar-refractivity contribution in [3.63, 3.8) is 0 Å². The Labute approximate surface area is 136 Å². The molecule has 0 aliphatic rings. The maximum atomic E-state index is 12.1. The summed E-state index contributed by atoms with van der Waals surface area (Å²) < 4.78 is 5.13. The van der Waals surface area contributed by atoms with Crippen LogP contribution in [0, 0.1) is 0 Å². The second-order valence-electron chi connectivity index (χ2n) is 4.54. The predicted molar refractivity (Wildman–Crippen MR) is 84.8 cm³/mol. The van der Waals surface area contributed by atoms with Crippen molar-refractivity contribution in [2.24, 2.45) is 0 Å². The minimum atomic E-state index is -0.474. The smallest absolute Gasteiger partial charge is 0.339 e. The minimum Gasteiger partial charge on any atom is -0.508 e. The first-order valence-corrected chi connectivity index (χ1v) is 7.24. The number of benzene rings is 2. The number of rotatable bonds is 4. The van der Waals surface area contributed by atoms with Crippen molar-refractivity contribution in [3.8, 4) is 5.75 Å². The summed E-state index contributed by atoms with van der Waals surface area (Å²) in [5.74, 6) is -0.601. The van der Waals surface area contributed by atoms with E-state index in [0.29, 0.717) is 22.1 Å². The van der Waals surface area contributed by atoms with E-state index in [1.54, 1.807) is 36.4 Å². The molecule has 0 aliphatic heterocycles. The summed E-state index contributed by atoms with van der Waals surface area (Å²) in [7, 11) is 1.30. The zero-order valence-electron chi connectivity index (χ0n) is 11.8. The van der Waals surface area contributed by atoms with Crippen LogP contribution in [0.4, 0.5) is 0 Å². The fourth-order valence-electron chi connectivity index (χ4n) is 1.88. The summed E-state index contributed by atoms with van der Waals surface area (Å²) in [5, 5.41) is 12.1. The van der Waals surface area contributed by atoms with Gasteiger partial charge in [0, 0.05) is 16.6 Å². The van der Waals surface area contributed by atoms with E-state index in [1.807, 2.05) is 0 Å². The minimum absolute atomic E-state index is 0.150. The summed E-state index contributed by atoms with van der Waals surface area (Å²) in [4.78, 5) is 23.6. The molecule has 2 aromatic carbocycles. The van der Waals surface area contributed by atoms with E-state index in [-0.39, 0.29) is 11.7 Å². The fraction of sp³-hybridized carbons (Fsp3) is 0.125. The molecular formula is C16H14BrNO4. The molecule has 22 heavy (non-hydrogen) atoms. The highest BCUT2D eigenvalue weighted by Crippen LogP contribution is 2.19. The van der Waals surface area contributed by atoms with E-state index in [9.17, 15) is 14.7 Å². The Bertz CT molecular complexity index is 715. The monoisotopic (exact) mass is 363 g/mol. The van der Waals surface area contributed by atoms with E-state index >= 15 is 0 Å². The summed E-state index contributed by atoms with van der Waals surface area (Å²) in [6.07, 6.45) is 0. The number of carbonyl (C=O) groups excluding carboxylic acids is 2. The van der Waals surface area contributed by atoms with E-state index in [0.717, 1.165) is 5.56 Å². The predicted octanol–water partition coefficient (Wildman–Crippen LogP) is 2.87. The van der Waals surface area contributed by atoms with Gasteiger partial charge in [0.2, 0.25) is 0 Å². The molecule has 5 nitrogen and oxygen atoms in total. The van der Waals surface area contributed by atoms with Gasteiger partial charge in [0.1, 0.15) is 5.75 Å². The van der Waals surface area contributed by atoms with Crippen LogP contribution in [0.2, 0.25) is 0 Å². The van der Waals surface area contributed by atoms with Crippen LogP contribution in [0.5, 0.6) is 5.75 Å². The topological polar surface area (TPSA) is 75.6 Å². The third-order valence-corrected chi connectivity index (χ3v) is 3.66. The summed E-state index contributed by atoms with van der Waals surface area (Å²) in [6, 6.07) is 11.3. The number of ether oxygens (including phenoxy) is 1. The molecule has 1 amide bonds. The molecule has 2 rings (SSSR count). The van der Waals surface area contributed by atoms with Crippen LogP contribution in [0.15, 0.2) is 46.9 Å². The number of phenols is 1. The number of aromatic hydroxyl groups is 1. The Morgan fingerprint density at radius 2 is 2.00 bits per heavy atom. The van der Waals surface area contributed by atoms with Crippen LogP contribution in [0.3, 0.4) is 0 Å². The van der Waals surface area contributed by atoms with Gasteiger partial charge in [-0.1, -0.05) is 12.1 Å². The normalized spacial score (nSPS) is 10.1. The number of methoxy groups -OCH3 is 1. The molecule has 114 valence electrons. The number of phenolic OH excluding ortho intramolecular Hbond substituents is 1. The lowest BCUT2D eigenvalue weighted by atomic mass is 10.1. The second-order valence-corrected chi connectivity index (χ2v) is 5.39. The number of halogens is 1. The molecule has 0 radical (unpaired) electrons. The number of carbonyl (C=O) groups is 2. The molecule has 0 aliphatic carbocycles. The number of esters is 1. The van der Waals surface area contributed by atoms with Gasteiger partial charge in [0.25, 0.3) is 5.91 Å². The maximum Gasteiger partial charge on any atom is 0.339 e. The molecular weight excluding hydrogens is 350 g/mol. The molecule has 6 heteroatoms. The number of amides is 1. The van der Waals surface area contributed by atoms with Gasteiger partial charge in [0.05, 0.1) is 12.7 Å². The third-order valence-electron chi connectivity index (χ3n) is 3.00. The first kappa shape index (κ1) is 16.0. The highest BCUT2D eigenvalue weighted by atomic mass is 79.9. The van der Waals surface area contributed by atoms with E-state index in [4.69, 9.17) is 0 Å². The molecule has 0 aromatic heterocycles. The van der Waals surface area contributed by atoms with E-state index < -0.39 is 5.97 Å². The SMILES string of the molecule is COC(=O)c1ccc(C(=O)NCc2cccc(O)c2)cc1Br. The largest absolute Gasteiger partial charge is 0.508 e. The zero-order chi connectivity index (χ0) is 16.1. The van der Waals surface area contributed by atoms with Gasteiger partial charge in [-0.2, -0.15) is 0 Å². The quantitative estimate of drug-likeness (QED) is 0.819. The average Bonchev–Trinajstić information content (AvgIpc) is 2.51. The Kier molecular flexibility index (Phi) is 5.16. The fourth-order valence-corrected chi connectivity index (χ4v) is 2.42. The van der Waals surface area contributed by atoms with Crippen LogP contribution < -0.4 is 5.32 Å². The molecule has 2 N–H and O–H groups in total. The Balaban J connectivity index is 2.07. The van der Waals surface area contributed by atoms with E-state index in [2.05, 4.69) is 26.0 Å². The first-order chi connectivity index (χ1) is 10.5. The molecule has 0 saturated heterocycles. The molecule has 0 unspecified atom stereocenters. The van der Waals surface area contributed by atoms with Gasteiger partial charge < -0.3 is 15.2 Å². The van der Waals surface area contributed by atoms with Crippen molar-refractivity contribution in [2.45, 2.75) is 6.54 Å². The summed E-state index contributed by atoms with van der Waals surface area (Å²) in [5.41, 5.74) is 1.56. The van der Waals surface area contributed by atoms with Crippen molar-refractivity contribution in [1.82, 2.24) is 5.32 Å². The van der Waals surface area contributed by atoms with Crippen LogP contribution >= 0.6 is 15.9 Å². The highest BCUT2D eigenvalue weighted by molar-refractivity contribution is 9.10. The van der Waals surface area contributed by atoms with Gasteiger partial charge in [0.15, 0.2) is 0 Å². The highest BCUT2D eigenvalue weighted by Gasteiger charge is 2.13. The molecule has 0 bridgehead atoms. The summed E-state index contributed by atoms with van der Waals surface area (Å²) in [6.45, 7) is 0.295. The Morgan fingerprint density at radius 1 is 1.23 bits per heavy atom. The Morgan fingerprint density at radius 3 is 2.64 bits per heavy atom. The Hall–Kier alpha value is -2.34. The van der Waals surface area contributed by atoms with Gasteiger partial charge in [-0.05, 0) is 51.8 Å². The molecule has 0 saturated carbocycles. The van der Waals surface area contributed by atoms with Gasteiger partial charge in [-0.3, -0.25) is 4.79 Å². The standard InChI is InChI=1S/C16H14BrNO4/c1-22-16(21)13-6-5-11(8-14(13)17)15(20)18-9-10-3-2-4-12(19)7-10/h2-8,19H,9H2,1H3,(H,18,20). The van der Waals surface area contributed by atoms with Crippen molar-refractivity contribution in [1.29, 1.82) is 0 Å². The lowest BCUT2D eigenvalue weighted by Gasteiger charge is -2.08. The van der Waals surface area contributed by atoms with Gasteiger partial charge in [-0.25, -0.2) is 4.79 Å². The number of hydrogen-bond donors (Lipinski definition) is 2. The van der Waals surface area contributed by atoms with E-state index in [1.165, 1.54) is 13.2 Å².